The van der Waals surface area contributed by atoms with Crippen LogP contribution in [0.1, 0.15) is 53.9 Å². The Balaban J connectivity index is 4.59. The molecule has 0 fully saturated rings. The maximum atomic E-state index is 12.0. The number of nitrogens with one attached hydrogen (secondary N) is 1. The number of rotatable bonds is 7. The first-order chi connectivity index (χ1) is 9.06. The second-order valence-electron chi connectivity index (χ2n) is 5.90. The summed E-state index contributed by atoms with van der Waals surface area (Å²) >= 11 is 0. The molecule has 0 aliphatic rings. The number of carboxylic acids is 1. The maximum Gasteiger partial charge on any atom is 0.408 e. The molecule has 2 atom stereocenters. The van der Waals surface area contributed by atoms with E-state index in [1.165, 1.54) is 6.92 Å². The van der Waals surface area contributed by atoms with Crippen molar-refractivity contribution in [1.29, 1.82) is 0 Å². The van der Waals surface area contributed by atoms with Crippen LogP contribution in [0.3, 0.4) is 0 Å². The third-order valence-electron chi connectivity index (χ3n) is 2.59. The molecule has 0 bridgehead atoms. The van der Waals surface area contributed by atoms with Crippen LogP contribution in [-0.2, 0) is 14.3 Å². The molecule has 0 saturated carbocycles. The lowest BCUT2D eigenvalue weighted by Crippen LogP contribution is -2.44. The fraction of sp³-hybridized carbons (Fsp3) is 0.786. The summed E-state index contributed by atoms with van der Waals surface area (Å²) in [4.78, 5) is 34.4. The molecular weight excluding hydrogens is 262 g/mol. The topological polar surface area (TPSA) is 92.7 Å². The van der Waals surface area contributed by atoms with Gasteiger partial charge in [-0.25, -0.2) is 4.79 Å². The molecule has 6 nitrogen and oxygen atoms in total. The van der Waals surface area contributed by atoms with Gasteiger partial charge >= 0.3 is 12.1 Å². The van der Waals surface area contributed by atoms with Crippen molar-refractivity contribution in [3.05, 3.63) is 0 Å². The number of amides is 1. The number of carbonyl (C=O) groups is 3. The van der Waals surface area contributed by atoms with Gasteiger partial charge in [0.2, 0.25) is 0 Å². The maximum absolute atomic E-state index is 12.0. The van der Waals surface area contributed by atoms with Crippen molar-refractivity contribution in [2.24, 2.45) is 5.92 Å². The summed E-state index contributed by atoms with van der Waals surface area (Å²) in [6.07, 6.45) is 0.403. The molecular formula is C14H25NO5. The molecule has 20 heavy (non-hydrogen) atoms. The van der Waals surface area contributed by atoms with Crippen molar-refractivity contribution in [3.63, 3.8) is 0 Å². The standard InChI is InChI=1S/C14H25NO5/c1-6-7-10(11(16)8-9(2)12(17)18)15-13(19)20-14(3,4)5/h9-10H,6-8H2,1-5H3,(H,15,19)(H,17,18)/t9-,10+/m1/s1. The van der Waals surface area contributed by atoms with Crippen LogP contribution in [0, 0.1) is 5.92 Å². The van der Waals surface area contributed by atoms with Crippen molar-refractivity contribution in [3.8, 4) is 0 Å². The SMILES string of the molecule is CCC[C@H](NC(=O)OC(C)(C)C)C(=O)C[C@@H](C)C(=O)O. The van der Waals surface area contributed by atoms with Crippen molar-refractivity contribution in [1.82, 2.24) is 5.32 Å². The number of carbonyl (C=O) groups excluding carboxylic acids is 2. The van der Waals surface area contributed by atoms with Gasteiger partial charge in [0, 0.05) is 6.42 Å². The van der Waals surface area contributed by atoms with Crippen LogP contribution >= 0.6 is 0 Å². The lowest BCUT2D eigenvalue weighted by molar-refractivity contribution is -0.143. The second kappa shape index (κ2) is 7.87. The van der Waals surface area contributed by atoms with Gasteiger partial charge in [-0.05, 0) is 27.2 Å². The van der Waals surface area contributed by atoms with Crippen LogP contribution in [0.25, 0.3) is 0 Å². The molecule has 0 saturated heterocycles. The first-order valence-electron chi connectivity index (χ1n) is 6.81. The Kier molecular flexibility index (Phi) is 7.24. The van der Waals surface area contributed by atoms with E-state index in [-0.39, 0.29) is 12.2 Å². The average Bonchev–Trinajstić information content (AvgIpc) is 2.25. The van der Waals surface area contributed by atoms with Crippen molar-refractivity contribution < 1.29 is 24.2 Å². The number of Topliss-reactive ketones (excluding diaryl/α,β-unsaturated/α-hetero) is 1. The van der Waals surface area contributed by atoms with Crippen molar-refractivity contribution in [2.75, 3.05) is 0 Å². The summed E-state index contributed by atoms with van der Waals surface area (Å²) in [7, 11) is 0. The smallest absolute Gasteiger partial charge is 0.408 e. The van der Waals surface area contributed by atoms with Gasteiger partial charge in [0.25, 0.3) is 0 Å². The fourth-order valence-corrected chi connectivity index (χ4v) is 1.58. The minimum Gasteiger partial charge on any atom is -0.481 e. The zero-order valence-corrected chi connectivity index (χ0v) is 12.9. The first kappa shape index (κ1) is 18.4. The molecule has 1 amide bonds. The summed E-state index contributed by atoms with van der Waals surface area (Å²) in [5, 5.41) is 11.3. The molecule has 0 unspecified atom stereocenters. The molecule has 0 spiro atoms. The molecule has 0 rings (SSSR count). The molecule has 0 heterocycles. The zero-order chi connectivity index (χ0) is 15.9. The van der Waals surface area contributed by atoms with E-state index in [4.69, 9.17) is 9.84 Å². The average molecular weight is 287 g/mol. The first-order valence-corrected chi connectivity index (χ1v) is 6.81. The van der Waals surface area contributed by atoms with Gasteiger partial charge in [-0.15, -0.1) is 0 Å². The molecule has 0 aliphatic carbocycles. The van der Waals surface area contributed by atoms with Gasteiger partial charge in [-0.2, -0.15) is 0 Å². The Hall–Kier alpha value is -1.59. The summed E-state index contributed by atoms with van der Waals surface area (Å²) < 4.78 is 5.10. The van der Waals surface area contributed by atoms with Gasteiger partial charge in [-0.1, -0.05) is 20.3 Å². The molecule has 6 heteroatoms. The van der Waals surface area contributed by atoms with Crippen LogP contribution in [0.5, 0.6) is 0 Å². The number of ketones is 1. The Morgan fingerprint density at radius 1 is 1.25 bits per heavy atom. The van der Waals surface area contributed by atoms with Gasteiger partial charge in [0.15, 0.2) is 5.78 Å². The lowest BCUT2D eigenvalue weighted by atomic mass is 9.98. The lowest BCUT2D eigenvalue weighted by Gasteiger charge is -2.23. The van der Waals surface area contributed by atoms with E-state index in [1.54, 1.807) is 20.8 Å². The largest absolute Gasteiger partial charge is 0.481 e. The number of ether oxygens (including phenoxy) is 1. The molecule has 0 aromatic heterocycles. The monoisotopic (exact) mass is 287 g/mol. The van der Waals surface area contributed by atoms with Crippen LogP contribution < -0.4 is 5.32 Å². The molecule has 0 radical (unpaired) electrons. The van der Waals surface area contributed by atoms with E-state index < -0.39 is 29.6 Å². The van der Waals surface area contributed by atoms with Crippen molar-refractivity contribution >= 4 is 17.8 Å². The van der Waals surface area contributed by atoms with Crippen LogP contribution in [0.15, 0.2) is 0 Å². The second-order valence-corrected chi connectivity index (χ2v) is 5.90. The van der Waals surface area contributed by atoms with E-state index >= 15 is 0 Å². The number of carboxylic acid groups (broad SMARTS) is 1. The third kappa shape index (κ3) is 7.76. The summed E-state index contributed by atoms with van der Waals surface area (Å²) in [5.41, 5.74) is -0.641. The number of alkyl carbamates (subject to hydrolysis) is 1. The minimum atomic E-state index is -1.02. The van der Waals surface area contributed by atoms with Gasteiger partial charge < -0.3 is 15.2 Å². The summed E-state index contributed by atoms with van der Waals surface area (Å²) in [6.45, 7) is 8.55. The minimum absolute atomic E-state index is 0.101. The molecule has 0 aliphatic heterocycles. The highest BCUT2D eigenvalue weighted by Gasteiger charge is 2.26. The Morgan fingerprint density at radius 2 is 1.80 bits per heavy atom. The predicted octanol–water partition coefficient (Wildman–Crippen LogP) is 2.36. The molecule has 116 valence electrons. The summed E-state index contributed by atoms with van der Waals surface area (Å²) in [5.74, 6) is -2.07. The Labute approximate surface area is 119 Å². The predicted molar refractivity (Wildman–Crippen MR) is 74.5 cm³/mol. The van der Waals surface area contributed by atoms with Crippen LogP contribution in [0.2, 0.25) is 0 Å². The van der Waals surface area contributed by atoms with E-state index in [0.29, 0.717) is 12.8 Å². The highest BCUT2D eigenvalue weighted by Crippen LogP contribution is 2.11. The third-order valence-corrected chi connectivity index (χ3v) is 2.59. The molecule has 0 aromatic carbocycles. The summed E-state index contributed by atoms with van der Waals surface area (Å²) in [6, 6.07) is -0.698. The number of aliphatic carboxylic acids is 1. The van der Waals surface area contributed by atoms with Crippen LogP contribution in [0.4, 0.5) is 4.79 Å². The highest BCUT2D eigenvalue weighted by atomic mass is 16.6. The quantitative estimate of drug-likeness (QED) is 0.749. The normalized spacial score (nSPS) is 14.2. The van der Waals surface area contributed by atoms with Gasteiger partial charge in [-0.3, -0.25) is 9.59 Å². The van der Waals surface area contributed by atoms with E-state index in [2.05, 4.69) is 5.32 Å². The fourth-order valence-electron chi connectivity index (χ4n) is 1.58. The Bertz CT molecular complexity index is 359. The Morgan fingerprint density at radius 3 is 2.20 bits per heavy atom. The van der Waals surface area contributed by atoms with Crippen molar-refractivity contribution in [2.45, 2.75) is 65.5 Å². The van der Waals surface area contributed by atoms with E-state index in [1.807, 2.05) is 6.92 Å². The highest BCUT2D eigenvalue weighted by molar-refractivity contribution is 5.90. The number of hydrogen-bond donors (Lipinski definition) is 2. The van der Waals surface area contributed by atoms with Gasteiger partial charge in [0.05, 0.1) is 12.0 Å². The van der Waals surface area contributed by atoms with E-state index in [0.717, 1.165) is 0 Å². The van der Waals surface area contributed by atoms with E-state index in [9.17, 15) is 14.4 Å². The molecule has 2 N–H and O–H groups in total. The van der Waals surface area contributed by atoms with Gasteiger partial charge in [0.1, 0.15) is 5.60 Å². The molecule has 0 aromatic rings. The number of hydrogen-bond acceptors (Lipinski definition) is 4. The van der Waals surface area contributed by atoms with Crippen LogP contribution in [-0.4, -0.2) is 34.6 Å². The zero-order valence-electron chi connectivity index (χ0n) is 12.9.